The lowest BCUT2D eigenvalue weighted by molar-refractivity contribution is -0.148. The van der Waals surface area contributed by atoms with Gasteiger partial charge in [0.15, 0.2) is 0 Å². The van der Waals surface area contributed by atoms with Gasteiger partial charge in [0.2, 0.25) is 0 Å². The molecule has 92 valence electrons. The van der Waals surface area contributed by atoms with Crippen LogP contribution >= 0.6 is 0 Å². The highest BCUT2D eigenvalue weighted by Gasteiger charge is 2.34. The Morgan fingerprint density at radius 3 is 2.82 bits per heavy atom. The zero-order valence-corrected chi connectivity index (χ0v) is 9.78. The smallest absolute Gasteiger partial charge is 0.310 e. The monoisotopic (exact) mass is 237 g/mol. The summed E-state index contributed by atoms with van der Waals surface area (Å²) in [6.45, 7) is 2.98. The third-order valence-electron chi connectivity index (χ3n) is 3.04. The first-order chi connectivity index (χ1) is 8.22. The van der Waals surface area contributed by atoms with Crippen LogP contribution in [0.4, 0.5) is 4.39 Å². The highest BCUT2D eigenvalue weighted by atomic mass is 19.1. The molecule has 1 aliphatic heterocycles. The number of esters is 1. The van der Waals surface area contributed by atoms with Crippen LogP contribution in [0.2, 0.25) is 0 Å². The predicted octanol–water partition coefficient (Wildman–Crippen LogP) is 2.04. The first-order valence-electron chi connectivity index (χ1n) is 5.88. The molecular weight excluding hydrogens is 221 g/mol. The Hall–Kier alpha value is -1.42. The van der Waals surface area contributed by atoms with Gasteiger partial charge < -0.3 is 10.1 Å². The van der Waals surface area contributed by atoms with Gasteiger partial charge in [-0.05, 0) is 37.6 Å². The Morgan fingerprint density at radius 1 is 1.47 bits per heavy atom. The molecule has 0 radical (unpaired) electrons. The molecule has 17 heavy (non-hydrogen) atoms. The first-order valence-corrected chi connectivity index (χ1v) is 5.88. The maximum Gasteiger partial charge on any atom is 0.310 e. The van der Waals surface area contributed by atoms with E-state index in [0.29, 0.717) is 6.61 Å². The molecule has 0 bridgehead atoms. The summed E-state index contributed by atoms with van der Waals surface area (Å²) in [5.74, 6) is -0.605. The predicted molar refractivity (Wildman–Crippen MR) is 61.9 cm³/mol. The van der Waals surface area contributed by atoms with Crippen LogP contribution in [0.3, 0.4) is 0 Å². The molecule has 2 rings (SSSR count). The minimum Gasteiger partial charge on any atom is -0.466 e. The van der Waals surface area contributed by atoms with Crippen molar-refractivity contribution >= 4 is 5.97 Å². The summed E-state index contributed by atoms with van der Waals surface area (Å²) < 4.78 is 17.9. The molecular formula is C13H16FNO2. The van der Waals surface area contributed by atoms with Gasteiger partial charge in [-0.2, -0.15) is 0 Å². The summed E-state index contributed by atoms with van der Waals surface area (Å²) in [6, 6.07) is 6.19. The van der Waals surface area contributed by atoms with Crippen molar-refractivity contribution < 1.29 is 13.9 Å². The molecule has 0 saturated carbocycles. The lowest BCUT2D eigenvalue weighted by Crippen LogP contribution is -2.25. The summed E-state index contributed by atoms with van der Waals surface area (Å²) in [5.41, 5.74) is 0.932. The largest absolute Gasteiger partial charge is 0.466 e. The molecule has 0 amide bonds. The highest BCUT2D eigenvalue weighted by molar-refractivity contribution is 5.74. The number of rotatable bonds is 3. The van der Waals surface area contributed by atoms with Crippen LogP contribution < -0.4 is 5.32 Å². The number of halogens is 1. The average molecular weight is 237 g/mol. The van der Waals surface area contributed by atoms with Gasteiger partial charge in [0.25, 0.3) is 0 Å². The second-order valence-electron chi connectivity index (χ2n) is 4.13. The van der Waals surface area contributed by atoms with E-state index < -0.39 is 0 Å². The van der Waals surface area contributed by atoms with E-state index in [1.54, 1.807) is 19.1 Å². The Bertz CT molecular complexity index is 391. The van der Waals surface area contributed by atoms with Gasteiger partial charge in [0.05, 0.1) is 12.5 Å². The number of hydrogen-bond donors (Lipinski definition) is 1. The first kappa shape index (κ1) is 12.0. The summed E-state index contributed by atoms with van der Waals surface area (Å²) in [4.78, 5) is 11.8. The van der Waals surface area contributed by atoms with Crippen LogP contribution in [0.5, 0.6) is 0 Å². The number of hydrogen-bond acceptors (Lipinski definition) is 3. The van der Waals surface area contributed by atoms with Crippen LogP contribution in [-0.2, 0) is 9.53 Å². The molecule has 1 fully saturated rings. The van der Waals surface area contributed by atoms with Gasteiger partial charge in [-0.15, -0.1) is 0 Å². The molecule has 1 aliphatic rings. The number of nitrogens with one attached hydrogen (secondary N) is 1. The van der Waals surface area contributed by atoms with Crippen molar-refractivity contribution in [2.24, 2.45) is 5.92 Å². The molecule has 2 atom stereocenters. The molecule has 4 heteroatoms. The number of carbonyl (C=O) groups excluding carboxylic acids is 1. The molecule has 1 saturated heterocycles. The Kier molecular flexibility index (Phi) is 3.74. The van der Waals surface area contributed by atoms with Crippen LogP contribution in [0, 0.1) is 11.7 Å². The molecule has 3 nitrogen and oxygen atoms in total. The fraction of sp³-hybridized carbons (Fsp3) is 0.462. The fourth-order valence-electron chi connectivity index (χ4n) is 2.23. The van der Waals surface area contributed by atoms with Gasteiger partial charge in [-0.1, -0.05) is 12.1 Å². The van der Waals surface area contributed by atoms with Gasteiger partial charge >= 0.3 is 5.97 Å². The average Bonchev–Trinajstić information content (AvgIpc) is 2.79. The Morgan fingerprint density at radius 2 is 2.18 bits per heavy atom. The van der Waals surface area contributed by atoms with E-state index in [-0.39, 0.29) is 23.7 Å². The van der Waals surface area contributed by atoms with Gasteiger partial charge in [0.1, 0.15) is 5.82 Å². The van der Waals surface area contributed by atoms with Crippen LogP contribution in [0.25, 0.3) is 0 Å². The summed E-state index contributed by atoms with van der Waals surface area (Å²) in [5, 5.41) is 3.26. The van der Waals surface area contributed by atoms with Gasteiger partial charge in [-0.3, -0.25) is 4.79 Å². The molecule has 1 aromatic rings. The summed E-state index contributed by atoms with van der Waals surface area (Å²) in [7, 11) is 0. The molecule has 1 N–H and O–H groups in total. The van der Waals surface area contributed by atoms with Gasteiger partial charge in [0, 0.05) is 6.04 Å². The van der Waals surface area contributed by atoms with Crippen LogP contribution in [0.1, 0.15) is 24.9 Å². The zero-order chi connectivity index (χ0) is 12.3. The van der Waals surface area contributed by atoms with Crippen molar-refractivity contribution in [1.82, 2.24) is 5.32 Å². The highest BCUT2D eigenvalue weighted by Crippen LogP contribution is 2.30. The Balaban J connectivity index is 2.14. The second-order valence-corrected chi connectivity index (χ2v) is 4.13. The quantitative estimate of drug-likeness (QED) is 0.817. The fourth-order valence-corrected chi connectivity index (χ4v) is 2.23. The standard InChI is InChI=1S/C13H16FNO2/c1-2-17-13(16)11-7-8-15-12(11)9-3-5-10(14)6-4-9/h3-6,11-12,15H,2,7-8H2,1H3/t11-,12-/m1/s1. The molecule has 0 unspecified atom stereocenters. The van der Waals surface area contributed by atoms with Gasteiger partial charge in [-0.25, -0.2) is 4.39 Å². The van der Waals surface area contributed by atoms with E-state index >= 15 is 0 Å². The van der Waals surface area contributed by atoms with Crippen molar-refractivity contribution in [2.45, 2.75) is 19.4 Å². The van der Waals surface area contributed by atoms with E-state index in [4.69, 9.17) is 4.74 Å². The normalized spacial score (nSPS) is 23.6. The minimum atomic E-state index is -0.264. The summed E-state index contributed by atoms with van der Waals surface area (Å²) in [6.07, 6.45) is 0.765. The van der Waals surface area contributed by atoms with E-state index in [1.165, 1.54) is 12.1 Å². The topological polar surface area (TPSA) is 38.3 Å². The SMILES string of the molecule is CCOC(=O)[C@@H]1CCN[C@@H]1c1ccc(F)cc1. The summed E-state index contributed by atoms with van der Waals surface area (Å²) >= 11 is 0. The number of ether oxygens (including phenoxy) is 1. The van der Waals surface area contributed by atoms with E-state index in [2.05, 4.69) is 5.32 Å². The lowest BCUT2D eigenvalue weighted by atomic mass is 9.94. The van der Waals surface area contributed by atoms with Crippen molar-refractivity contribution in [1.29, 1.82) is 0 Å². The van der Waals surface area contributed by atoms with Crippen LogP contribution in [0.15, 0.2) is 24.3 Å². The lowest BCUT2D eigenvalue weighted by Gasteiger charge is -2.18. The van der Waals surface area contributed by atoms with Crippen molar-refractivity contribution in [2.75, 3.05) is 13.2 Å². The Labute approximate surface area is 100.0 Å². The van der Waals surface area contributed by atoms with Crippen molar-refractivity contribution in [3.05, 3.63) is 35.6 Å². The molecule has 1 heterocycles. The third-order valence-corrected chi connectivity index (χ3v) is 3.04. The number of carbonyl (C=O) groups is 1. The zero-order valence-electron chi connectivity index (χ0n) is 9.78. The molecule has 1 aromatic carbocycles. The molecule has 0 spiro atoms. The number of benzene rings is 1. The third kappa shape index (κ3) is 2.64. The van der Waals surface area contributed by atoms with Crippen molar-refractivity contribution in [3.63, 3.8) is 0 Å². The van der Waals surface area contributed by atoms with E-state index in [9.17, 15) is 9.18 Å². The molecule has 0 aromatic heterocycles. The maximum atomic E-state index is 12.8. The van der Waals surface area contributed by atoms with E-state index in [1.807, 2.05) is 0 Å². The second kappa shape index (κ2) is 5.27. The van der Waals surface area contributed by atoms with E-state index in [0.717, 1.165) is 18.5 Å². The molecule has 0 aliphatic carbocycles. The maximum absolute atomic E-state index is 12.8. The minimum absolute atomic E-state index is 0.0605. The van der Waals surface area contributed by atoms with Crippen molar-refractivity contribution in [3.8, 4) is 0 Å². The van der Waals surface area contributed by atoms with Crippen LogP contribution in [-0.4, -0.2) is 19.1 Å².